The molecule has 4 amide bonds. The van der Waals surface area contributed by atoms with Crippen molar-refractivity contribution >= 4 is 69.8 Å². The molecule has 4 aliphatic heterocycles. The fraction of sp³-hybridized carbons (Fsp3) is 0.396. The van der Waals surface area contributed by atoms with E-state index in [1.54, 1.807) is 65.6 Å². The average Bonchev–Trinajstić information content (AvgIpc) is 3.93. The molecule has 9 rings (SSSR count). The number of allylic oxidation sites excluding steroid dienone is 1. The number of carbonyl (C=O) groups excluding carboxylic acids is 6. The van der Waals surface area contributed by atoms with Crippen molar-refractivity contribution in [2.75, 3.05) is 37.1 Å². The number of fused-ring (bicyclic) bond motifs is 4. The molecule has 360 valence electrons. The lowest BCUT2D eigenvalue weighted by atomic mass is 9.55. The molecule has 1 aliphatic carbocycles. The van der Waals surface area contributed by atoms with Crippen LogP contribution in [0.15, 0.2) is 91.1 Å². The molecule has 16 heteroatoms. The quantitative estimate of drug-likeness (QED) is 0.0600. The first-order valence-electron chi connectivity index (χ1n) is 23.7. The van der Waals surface area contributed by atoms with Crippen LogP contribution in [0.25, 0.3) is 0 Å². The van der Waals surface area contributed by atoms with E-state index in [1.165, 1.54) is 6.07 Å². The van der Waals surface area contributed by atoms with Crippen LogP contribution < -0.4 is 21.3 Å². The Kier molecular flexibility index (Phi) is 14.2. The molecule has 2 saturated heterocycles. The summed E-state index contributed by atoms with van der Waals surface area (Å²) in [5.74, 6) is -3.01. The second kappa shape index (κ2) is 20.3. The maximum absolute atomic E-state index is 16.3. The highest BCUT2D eigenvalue weighted by molar-refractivity contribution is 6.31. The molecule has 0 bridgehead atoms. The summed E-state index contributed by atoms with van der Waals surface area (Å²) >= 11 is 12.8. The standard InChI is InChI=1S/C53H54Cl2FN5O8/c1-31-13-20-43(48(64)57-31)61-30-39-33(8-5-9-37(39)50(61)66)28-36(62)21-25-69-27-26-68-24-7-12-44(63)32-14-17-35(18-15-32)58-49(65)47-45(38-10-6-11-41(55)46(38)56)53(52(60-47)22-3-2-4-23-52)40-19-16-34(54)29-42(40)59-51(53)67/h5-6,8-11,14-19,29,43,45,47,60H,1-4,7,12-13,20-28,30H2,(H,57,64)(H,58,65)(H,59,67)/t43?,45-,47+,53+/m0/s1. The first kappa shape index (κ1) is 48.3. The average molecular weight is 979 g/mol. The van der Waals surface area contributed by atoms with Gasteiger partial charge in [0.1, 0.15) is 23.1 Å². The Morgan fingerprint density at radius 2 is 1.62 bits per heavy atom. The number of rotatable bonds is 17. The Morgan fingerprint density at radius 3 is 2.39 bits per heavy atom. The molecular weight excluding hydrogens is 925 g/mol. The summed E-state index contributed by atoms with van der Waals surface area (Å²) in [6.45, 7) is 5.20. The molecule has 13 nitrogen and oxygen atoms in total. The summed E-state index contributed by atoms with van der Waals surface area (Å²) < 4.78 is 27.6. The van der Waals surface area contributed by atoms with E-state index in [9.17, 15) is 28.8 Å². The number of carbonyl (C=O) groups is 6. The van der Waals surface area contributed by atoms with E-state index in [0.29, 0.717) is 77.5 Å². The highest BCUT2D eigenvalue weighted by atomic mass is 35.5. The molecule has 1 unspecified atom stereocenters. The van der Waals surface area contributed by atoms with Gasteiger partial charge < -0.3 is 30.3 Å². The van der Waals surface area contributed by atoms with Gasteiger partial charge in [0.2, 0.25) is 17.7 Å². The van der Waals surface area contributed by atoms with Gasteiger partial charge in [-0.2, -0.15) is 0 Å². The number of amides is 4. The number of piperidine rings is 1. The van der Waals surface area contributed by atoms with Gasteiger partial charge in [0.15, 0.2) is 5.78 Å². The van der Waals surface area contributed by atoms with E-state index in [2.05, 4.69) is 27.8 Å². The monoisotopic (exact) mass is 977 g/mol. The van der Waals surface area contributed by atoms with Crippen molar-refractivity contribution in [1.82, 2.24) is 15.5 Å². The number of hydrogen-bond acceptors (Lipinski definition) is 9. The second-order valence-corrected chi connectivity index (χ2v) is 19.5. The molecule has 2 spiro atoms. The molecule has 5 aliphatic rings. The highest BCUT2D eigenvalue weighted by Gasteiger charge is 2.72. The summed E-state index contributed by atoms with van der Waals surface area (Å²) in [7, 11) is 0. The van der Waals surface area contributed by atoms with Gasteiger partial charge >= 0.3 is 0 Å². The topological polar surface area (TPSA) is 172 Å². The van der Waals surface area contributed by atoms with Crippen molar-refractivity contribution in [2.45, 2.75) is 106 Å². The minimum atomic E-state index is -1.36. The zero-order valence-electron chi connectivity index (χ0n) is 38.1. The van der Waals surface area contributed by atoms with Crippen molar-refractivity contribution in [3.05, 3.63) is 140 Å². The summed E-state index contributed by atoms with van der Waals surface area (Å²) in [5, 5.41) is 12.7. The summed E-state index contributed by atoms with van der Waals surface area (Å²) in [6, 6.07) is 20.2. The Morgan fingerprint density at radius 1 is 0.870 bits per heavy atom. The Balaban J connectivity index is 0.741. The van der Waals surface area contributed by atoms with Crippen LogP contribution in [0.1, 0.15) is 113 Å². The Hall–Kier alpha value is -5.77. The molecule has 4 aromatic carbocycles. The molecule has 4 aromatic rings. The third-order valence-electron chi connectivity index (χ3n) is 14.5. The minimum absolute atomic E-state index is 0.0287. The molecule has 4 N–H and O–H groups in total. The SMILES string of the molecule is C=C1CCC(N2Cc3c(CC(=O)CCOCCOCCCC(=O)c4ccc(NC(=O)[C@@H]5NC6(CCCCC6)[C@@]6(C(=O)Nc7cc(Cl)ccc76)[C@H]5c5cccc(Cl)c5F)cc4)cccc3C2=O)C(=O)N1. The molecule has 69 heavy (non-hydrogen) atoms. The van der Waals surface area contributed by atoms with Crippen LogP contribution in [0, 0.1) is 5.82 Å². The van der Waals surface area contributed by atoms with E-state index in [1.807, 2.05) is 12.1 Å². The van der Waals surface area contributed by atoms with Crippen LogP contribution >= 0.6 is 23.2 Å². The Bertz CT molecular complexity index is 2730. The molecule has 4 heterocycles. The maximum Gasteiger partial charge on any atom is 0.255 e. The number of benzene rings is 4. The van der Waals surface area contributed by atoms with Gasteiger partial charge in [0, 0.05) is 77.1 Å². The Labute approximate surface area is 409 Å². The van der Waals surface area contributed by atoms with Crippen molar-refractivity contribution in [1.29, 1.82) is 0 Å². The minimum Gasteiger partial charge on any atom is -0.379 e. The van der Waals surface area contributed by atoms with E-state index >= 15 is 4.39 Å². The number of anilines is 2. The van der Waals surface area contributed by atoms with Crippen LogP contribution in [-0.4, -0.2) is 84.1 Å². The van der Waals surface area contributed by atoms with Gasteiger partial charge in [0.25, 0.3) is 5.91 Å². The van der Waals surface area contributed by atoms with Gasteiger partial charge in [-0.3, -0.25) is 34.1 Å². The predicted octanol–water partition coefficient (Wildman–Crippen LogP) is 8.37. The van der Waals surface area contributed by atoms with E-state index in [0.717, 1.165) is 30.4 Å². The maximum atomic E-state index is 16.3. The predicted molar refractivity (Wildman–Crippen MR) is 259 cm³/mol. The summed E-state index contributed by atoms with van der Waals surface area (Å²) in [4.78, 5) is 82.5. The fourth-order valence-corrected chi connectivity index (χ4v) is 11.7. The lowest BCUT2D eigenvalue weighted by molar-refractivity contribution is -0.126. The molecule has 0 radical (unpaired) electrons. The van der Waals surface area contributed by atoms with Crippen molar-refractivity contribution in [3.63, 3.8) is 0 Å². The summed E-state index contributed by atoms with van der Waals surface area (Å²) in [5.41, 5.74) is 2.74. The zero-order valence-corrected chi connectivity index (χ0v) is 39.6. The number of halogens is 3. The first-order valence-corrected chi connectivity index (χ1v) is 24.4. The van der Waals surface area contributed by atoms with Crippen LogP contribution in [-0.2, 0) is 47.0 Å². The van der Waals surface area contributed by atoms with E-state index < -0.39 is 40.7 Å². The van der Waals surface area contributed by atoms with Crippen LogP contribution in [0.5, 0.6) is 0 Å². The fourth-order valence-electron chi connectivity index (χ4n) is 11.4. The number of hydrogen-bond donors (Lipinski definition) is 4. The smallest absolute Gasteiger partial charge is 0.255 e. The number of nitrogens with zero attached hydrogens (tertiary/aromatic N) is 1. The summed E-state index contributed by atoms with van der Waals surface area (Å²) in [6.07, 6.45) is 5.95. The number of Topliss-reactive ketones (excluding diaryl/α,β-unsaturated/α-hetero) is 2. The number of ether oxygens (including phenoxy) is 2. The van der Waals surface area contributed by atoms with Gasteiger partial charge in [0.05, 0.1) is 30.9 Å². The number of nitrogens with one attached hydrogen (secondary N) is 4. The molecule has 0 aromatic heterocycles. The van der Waals surface area contributed by atoms with Crippen LogP contribution in [0.2, 0.25) is 10.0 Å². The lowest BCUT2D eigenvalue weighted by Crippen LogP contribution is -2.60. The normalized spacial score (nSPS) is 22.4. The molecular formula is C53H54Cl2FN5O8. The zero-order chi connectivity index (χ0) is 48.5. The largest absolute Gasteiger partial charge is 0.379 e. The third-order valence-corrected chi connectivity index (χ3v) is 15.1. The lowest BCUT2D eigenvalue weighted by Gasteiger charge is -2.47. The molecule has 1 saturated carbocycles. The number of ketones is 2. The third kappa shape index (κ3) is 9.25. The van der Waals surface area contributed by atoms with E-state index in [-0.39, 0.29) is 85.5 Å². The van der Waals surface area contributed by atoms with Crippen LogP contribution in [0.4, 0.5) is 15.8 Å². The van der Waals surface area contributed by atoms with Crippen molar-refractivity contribution < 1.29 is 42.6 Å². The first-order chi connectivity index (χ1) is 33.3. The molecule has 3 fully saturated rings. The second-order valence-electron chi connectivity index (χ2n) is 18.6. The van der Waals surface area contributed by atoms with Crippen molar-refractivity contribution in [2.24, 2.45) is 0 Å². The van der Waals surface area contributed by atoms with Crippen LogP contribution in [0.3, 0.4) is 0 Å². The van der Waals surface area contributed by atoms with Gasteiger partial charge in [-0.1, -0.05) is 79.4 Å². The van der Waals surface area contributed by atoms with Gasteiger partial charge in [-0.15, -0.1) is 0 Å². The highest BCUT2D eigenvalue weighted by Crippen LogP contribution is 2.63. The van der Waals surface area contributed by atoms with Crippen molar-refractivity contribution in [3.8, 4) is 0 Å². The van der Waals surface area contributed by atoms with Gasteiger partial charge in [-0.25, -0.2) is 4.39 Å². The molecule has 4 atom stereocenters. The van der Waals surface area contributed by atoms with E-state index in [4.69, 9.17) is 32.7 Å². The van der Waals surface area contributed by atoms with Gasteiger partial charge in [-0.05, 0) is 103 Å².